The Morgan fingerprint density at radius 1 is 1.19 bits per heavy atom. The van der Waals surface area contributed by atoms with Crippen molar-refractivity contribution in [1.82, 2.24) is 15.1 Å². The Morgan fingerprint density at radius 3 is 2.44 bits per heavy atom. The Kier molecular flexibility index (Phi) is 3.10. The summed E-state index contributed by atoms with van der Waals surface area (Å²) in [5, 5.41) is 6.31. The Labute approximate surface area is 89.2 Å². The second-order valence-corrected chi connectivity index (χ2v) is 3.39. The van der Waals surface area contributed by atoms with Gasteiger partial charge in [-0.15, -0.1) is 10.2 Å². The van der Waals surface area contributed by atoms with Gasteiger partial charge in [0.1, 0.15) is 0 Å². The van der Waals surface area contributed by atoms with Crippen LogP contribution in [0.2, 0.25) is 0 Å². The van der Waals surface area contributed by atoms with E-state index in [0.29, 0.717) is 26.3 Å². The molecule has 1 aromatic heterocycles. The zero-order valence-electron chi connectivity index (χ0n) is 8.33. The fraction of sp³-hybridized carbons (Fsp3) is 0.750. The van der Waals surface area contributed by atoms with Crippen LogP contribution < -0.4 is 0 Å². The summed E-state index contributed by atoms with van der Waals surface area (Å²) in [6, 6.07) is 0. The number of aromatic nitrogens is 2. The summed E-state index contributed by atoms with van der Waals surface area (Å²) < 4.78 is 46.1. The fourth-order valence-electron chi connectivity index (χ4n) is 1.38. The molecule has 1 saturated heterocycles. The van der Waals surface area contributed by atoms with Crippen LogP contribution in [0.5, 0.6) is 0 Å². The van der Waals surface area contributed by atoms with Crippen molar-refractivity contribution >= 4 is 0 Å². The lowest BCUT2D eigenvalue weighted by atomic mass is 10.4. The van der Waals surface area contributed by atoms with Gasteiger partial charge in [0.25, 0.3) is 0 Å². The minimum absolute atomic E-state index is 0.0192. The highest BCUT2D eigenvalue weighted by atomic mass is 19.4. The molecule has 1 aliphatic heterocycles. The summed E-state index contributed by atoms with van der Waals surface area (Å²) in [4.78, 5) is 1.90. The number of morpholine rings is 1. The van der Waals surface area contributed by atoms with Gasteiger partial charge in [-0.2, -0.15) is 13.2 Å². The molecule has 5 nitrogen and oxygen atoms in total. The minimum atomic E-state index is -4.57. The quantitative estimate of drug-likeness (QED) is 0.765. The van der Waals surface area contributed by atoms with E-state index >= 15 is 0 Å². The Bertz CT molecular complexity index is 347. The molecule has 0 aliphatic carbocycles. The molecule has 0 N–H and O–H groups in total. The van der Waals surface area contributed by atoms with Gasteiger partial charge in [-0.05, 0) is 0 Å². The minimum Gasteiger partial charge on any atom is -0.416 e. The standard InChI is InChI=1S/C8H10F3N3O2/c9-8(10,11)7-13-12-6(16-7)5-14-1-3-15-4-2-14/h1-5H2. The lowest BCUT2D eigenvalue weighted by molar-refractivity contribution is -0.157. The monoisotopic (exact) mass is 237 g/mol. The van der Waals surface area contributed by atoms with Gasteiger partial charge in [-0.1, -0.05) is 0 Å². The van der Waals surface area contributed by atoms with Gasteiger partial charge in [-0.3, -0.25) is 4.90 Å². The summed E-state index contributed by atoms with van der Waals surface area (Å²) in [5.74, 6) is -1.31. The number of nitrogens with zero attached hydrogens (tertiary/aromatic N) is 3. The second-order valence-electron chi connectivity index (χ2n) is 3.39. The van der Waals surface area contributed by atoms with E-state index in [1.807, 2.05) is 4.90 Å². The van der Waals surface area contributed by atoms with Crippen LogP contribution in [0.3, 0.4) is 0 Å². The first kappa shape index (κ1) is 11.3. The largest absolute Gasteiger partial charge is 0.470 e. The zero-order chi connectivity index (χ0) is 11.6. The molecule has 8 heteroatoms. The third-order valence-corrected chi connectivity index (χ3v) is 2.17. The molecule has 0 bridgehead atoms. The highest BCUT2D eigenvalue weighted by Gasteiger charge is 2.38. The van der Waals surface area contributed by atoms with Crippen molar-refractivity contribution in [2.45, 2.75) is 12.7 Å². The topological polar surface area (TPSA) is 51.4 Å². The third-order valence-electron chi connectivity index (χ3n) is 2.17. The lowest BCUT2D eigenvalue weighted by Gasteiger charge is -2.24. The molecular formula is C8H10F3N3O2. The van der Waals surface area contributed by atoms with Crippen molar-refractivity contribution in [3.63, 3.8) is 0 Å². The maximum Gasteiger partial charge on any atom is 0.470 e. The summed E-state index contributed by atoms with van der Waals surface area (Å²) in [6.45, 7) is 2.68. The first-order chi connectivity index (χ1) is 7.55. The van der Waals surface area contributed by atoms with Gasteiger partial charge < -0.3 is 9.15 Å². The number of hydrogen-bond acceptors (Lipinski definition) is 5. The Hall–Kier alpha value is -1.15. The maximum absolute atomic E-state index is 12.1. The van der Waals surface area contributed by atoms with Gasteiger partial charge in [0.15, 0.2) is 0 Å². The SMILES string of the molecule is FC(F)(F)c1nnc(CN2CCOCC2)o1. The van der Waals surface area contributed by atoms with Crippen LogP contribution in [-0.2, 0) is 17.5 Å². The normalized spacial score (nSPS) is 18.9. The summed E-state index contributed by atoms with van der Waals surface area (Å²) >= 11 is 0. The van der Waals surface area contributed by atoms with Crippen LogP contribution in [-0.4, -0.2) is 41.4 Å². The predicted molar refractivity (Wildman–Crippen MR) is 45.4 cm³/mol. The molecule has 1 fully saturated rings. The molecule has 0 amide bonds. The Balaban J connectivity index is 1.97. The molecule has 90 valence electrons. The van der Waals surface area contributed by atoms with Crippen molar-refractivity contribution in [2.24, 2.45) is 0 Å². The van der Waals surface area contributed by atoms with Crippen LogP contribution in [0.4, 0.5) is 13.2 Å². The molecular weight excluding hydrogens is 227 g/mol. The average molecular weight is 237 g/mol. The first-order valence-corrected chi connectivity index (χ1v) is 4.75. The predicted octanol–water partition coefficient (Wildman–Crippen LogP) is 0.921. The van der Waals surface area contributed by atoms with Crippen molar-refractivity contribution in [3.8, 4) is 0 Å². The van der Waals surface area contributed by atoms with Gasteiger partial charge in [0.05, 0.1) is 19.8 Å². The number of ether oxygens (including phenoxy) is 1. The molecule has 1 aromatic rings. The van der Waals surface area contributed by atoms with Gasteiger partial charge in [0.2, 0.25) is 5.89 Å². The van der Waals surface area contributed by atoms with E-state index in [9.17, 15) is 13.2 Å². The summed E-state index contributed by atoms with van der Waals surface area (Å²) in [5.41, 5.74) is 0. The second kappa shape index (κ2) is 4.38. The molecule has 16 heavy (non-hydrogen) atoms. The van der Waals surface area contributed by atoms with E-state index in [4.69, 9.17) is 4.74 Å². The van der Waals surface area contributed by atoms with E-state index in [0.717, 1.165) is 0 Å². The number of halogens is 3. The van der Waals surface area contributed by atoms with Crippen molar-refractivity contribution in [3.05, 3.63) is 11.8 Å². The number of alkyl halides is 3. The highest BCUT2D eigenvalue weighted by Crippen LogP contribution is 2.27. The van der Waals surface area contributed by atoms with Crippen LogP contribution >= 0.6 is 0 Å². The maximum atomic E-state index is 12.1. The molecule has 0 aromatic carbocycles. The fourth-order valence-corrected chi connectivity index (χ4v) is 1.38. The number of hydrogen-bond donors (Lipinski definition) is 0. The Morgan fingerprint density at radius 2 is 1.88 bits per heavy atom. The van der Waals surface area contributed by atoms with Gasteiger partial charge in [0, 0.05) is 13.1 Å². The first-order valence-electron chi connectivity index (χ1n) is 4.75. The van der Waals surface area contributed by atoms with Crippen LogP contribution in [0.15, 0.2) is 4.42 Å². The van der Waals surface area contributed by atoms with Gasteiger partial charge >= 0.3 is 12.1 Å². The van der Waals surface area contributed by atoms with E-state index in [2.05, 4.69) is 14.6 Å². The number of rotatable bonds is 2. The van der Waals surface area contributed by atoms with E-state index < -0.39 is 12.1 Å². The molecule has 0 atom stereocenters. The van der Waals surface area contributed by atoms with Gasteiger partial charge in [-0.25, -0.2) is 0 Å². The molecule has 1 aliphatic rings. The van der Waals surface area contributed by atoms with Crippen LogP contribution in [0.1, 0.15) is 11.8 Å². The van der Waals surface area contributed by atoms with Crippen molar-refractivity contribution < 1.29 is 22.3 Å². The molecule has 0 spiro atoms. The van der Waals surface area contributed by atoms with Crippen LogP contribution in [0.25, 0.3) is 0 Å². The zero-order valence-corrected chi connectivity index (χ0v) is 8.33. The third kappa shape index (κ3) is 2.70. The molecule has 2 rings (SSSR count). The lowest BCUT2D eigenvalue weighted by Crippen LogP contribution is -2.35. The van der Waals surface area contributed by atoms with Crippen LogP contribution in [0, 0.1) is 0 Å². The smallest absolute Gasteiger partial charge is 0.416 e. The summed E-state index contributed by atoms with van der Waals surface area (Å²) in [7, 11) is 0. The van der Waals surface area contributed by atoms with Crippen molar-refractivity contribution in [2.75, 3.05) is 26.3 Å². The molecule has 2 heterocycles. The van der Waals surface area contributed by atoms with Crippen molar-refractivity contribution in [1.29, 1.82) is 0 Å². The molecule has 0 saturated carbocycles. The average Bonchev–Trinajstić information content (AvgIpc) is 2.67. The van der Waals surface area contributed by atoms with E-state index in [1.165, 1.54) is 0 Å². The molecule has 0 radical (unpaired) electrons. The summed E-state index contributed by atoms with van der Waals surface area (Å²) in [6.07, 6.45) is -4.57. The highest BCUT2D eigenvalue weighted by molar-refractivity contribution is 4.86. The molecule has 0 unspecified atom stereocenters. The van der Waals surface area contributed by atoms with E-state index in [1.54, 1.807) is 0 Å². The van der Waals surface area contributed by atoms with E-state index in [-0.39, 0.29) is 12.4 Å².